The molecule has 1 aliphatic heterocycles. The molecule has 0 saturated carbocycles. The summed E-state index contributed by atoms with van der Waals surface area (Å²) in [5, 5.41) is 4.17. The number of nitrogens with one attached hydrogen (secondary N) is 1. The molecule has 0 radical (unpaired) electrons. The molecule has 0 unspecified atom stereocenters. The van der Waals surface area contributed by atoms with Gasteiger partial charge in [-0.15, -0.1) is 0 Å². The minimum Gasteiger partial charge on any atom is -0.326 e. The van der Waals surface area contributed by atoms with Crippen LogP contribution in [0.5, 0.6) is 0 Å². The largest absolute Gasteiger partial charge is 0.326 e. The van der Waals surface area contributed by atoms with Gasteiger partial charge >= 0.3 is 0 Å². The predicted octanol–water partition coefficient (Wildman–Crippen LogP) is 4.36. The van der Waals surface area contributed by atoms with Crippen molar-refractivity contribution in [2.75, 3.05) is 10.2 Å². The maximum atomic E-state index is 13.1. The van der Waals surface area contributed by atoms with Gasteiger partial charge in [0.2, 0.25) is 5.91 Å². The third-order valence-electron chi connectivity index (χ3n) is 4.23. The fourth-order valence-electron chi connectivity index (χ4n) is 3.23. The lowest BCUT2D eigenvalue weighted by Gasteiger charge is -2.27. The summed E-state index contributed by atoms with van der Waals surface area (Å²) in [6, 6.07) is 15.7. The number of benzene rings is 3. The number of hydrogen-bond acceptors (Lipinski definition) is 3. The highest BCUT2D eigenvalue weighted by Crippen LogP contribution is 2.35. The van der Waals surface area contributed by atoms with Gasteiger partial charge < -0.3 is 5.32 Å². The van der Waals surface area contributed by atoms with E-state index in [0.29, 0.717) is 27.9 Å². The van der Waals surface area contributed by atoms with Crippen molar-refractivity contribution >= 4 is 55.8 Å². The summed E-state index contributed by atoms with van der Waals surface area (Å²) in [5.74, 6) is -0.993. The Bertz CT molecular complexity index is 1110. The first kappa shape index (κ1) is 16.5. The van der Waals surface area contributed by atoms with Crippen molar-refractivity contribution < 1.29 is 14.4 Å². The van der Waals surface area contributed by atoms with Crippen LogP contribution in [0.25, 0.3) is 10.8 Å². The van der Waals surface area contributed by atoms with E-state index in [1.165, 1.54) is 6.92 Å². The molecule has 1 aliphatic rings. The quantitative estimate of drug-likeness (QED) is 0.640. The maximum Gasteiger partial charge on any atom is 0.266 e. The molecule has 0 aliphatic carbocycles. The van der Waals surface area contributed by atoms with Crippen LogP contribution in [0.15, 0.2) is 59.1 Å². The van der Waals surface area contributed by atoms with Crippen molar-refractivity contribution in [1.29, 1.82) is 0 Å². The van der Waals surface area contributed by atoms with Crippen molar-refractivity contribution in [3.8, 4) is 0 Å². The second-order valence-corrected chi connectivity index (χ2v) is 6.95. The highest BCUT2D eigenvalue weighted by molar-refractivity contribution is 9.10. The number of carbonyl (C=O) groups is 3. The SMILES string of the molecule is CC(=O)Nc1cccc(N2C(=O)c3cccc4cc(Br)cc(c34)C2=O)c1. The Morgan fingerprint density at radius 3 is 2.46 bits per heavy atom. The highest BCUT2D eigenvalue weighted by atomic mass is 79.9. The average molecular weight is 409 g/mol. The van der Waals surface area contributed by atoms with Crippen LogP contribution in [0, 0.1) is 0 Å². The molecule has 4 rings (SSSR count). The molecular weight excluding hydrogens is 396 g/mol. The van der Waals surface area contributed by atoms with E-state index in [9.17, 15) is 14.4 Å². The predicted molar refractivity (Wildman–Crippen MR) is 104 cm³/mol. The minimum atomic E-state index is -0.389. The molecule has 3 aromatic rings. The first-order valence-corrected chi connectivity index (χ1v) is 8.74. The van der Waals surface area contributed by atoms with Crippen LogP contribution in [0.1, 0.15) is 27.6 Å². The summed E-state index contributed by atoms with van der Waals surface area (Å²) in [6.07, 6.45) is 0. The van der Waals surface area contributed by atoms with E-state index in [0.717, 1.165) is 14.8 Å². The number of hydrogen-bond donors (Lipinski definition) is 1. The van der Waals surface area contributed by atoms with E-state index in [2.05, 4.69) is 21.2 Å². The maximum absolute atomic E-state index is 13.1. The minimum absolute atomic E-state index is 0.225. The van der Waals surface area contributed by atoms with E-state index in [1.54, 1.807) is 42.5 Å². The second-order valence-electron chi connectivity index (χ2n) is 6.03. The summed E-state index contributed by atoms with van der Waals surface area (Å²) in [4.78, 5) is 38.6. The Morgan fingerprint density at radius 1 is 0.962 bits per heavy atom. The van der Waals surface area contributed by atoms with Gasteiger partial charge in [0.1, 0.15) is 0 Å². The lowest BCUT2D eigenvalue weighted by molar-refractivity contribution is -0.114. The van der Waals surface area contributed by atoms with Gasteiger partial charge in [-0.25, -0.2) is 4.90 Å². The van der Waals surface area contributed by atoms with Crippen LogP contribution < -0.4 is 10.2 Å². The smallest absolute Gasteiger partial charge is 0.266 e. The molecule has 0 spiro atoms. The van der Waals surface area contributed by atoms with Gasteiger partial charge in [0, 0.05) is 28.0 Å². The van der Waals surface area contributed by atoms with Crippen molar-refractivity contribution in [3.63, 3.8) is 0 Å². The van der Waals surface area contributed by atoms with Crippen LogP contribution in [0.2, 0.25) is 0 Å². The molecule has 3 aromatic carbocycles. The number of rotatable bonds is 2. The van der Waals surface area contributed by atoms with Crippen LogP contribution in [0.4, 0.5) is 11.4 Å². The molecule has 5 nitrogen and oxygen atoms in total. The van der Waals surface area contributed by atoms with E-state index in [-0.39, 0.29) is 17.7 Å². The van der Waals surface area contributed by atoms with Gasteiger partial charge in [0.15, 0.2) is 0 Å². The molecule has 0 bridgehead atoms. The molecule has 3 amide bonds. The molecule has 6 heteroatoms. The van der Waals surface area contributed by atoms with Gasteiger partial charge in [-0.05, 0) is 41.8 Å². The molecule has 0 fully saturated rings. The average Bonchev–Trinajstić information content (AvgIpc) is 2.59. The Hall–Kier alpha value is -2.99. The lowest BCUT2D eigenvalue weighted by Crippen LogP contribution is -2.40. The third kappa shape index (κ3) is 2.59. The number of nitrogens with zero attached hydrogens (tertiary/aromatic N) is 1. The summed E-state index contributed by atoms with van der Waals surface area (Å²) in [5.41, 5.74) is 1.88. The third-order valence-corrected chi connectivity index (χ3v) is 4.69. The first-order chi connectivity index (χ1) is 12.5. The van der Waals surface area contributed by atoms with E-state index in [4.69, 9.17) is 0 Å². The number of imide groups is 1. The molecular formula is C20H13BrN2O3. The molecule has 1 N–H and O–H groups in total. The molecule has 1 heterocycles. The molecule has 0 saturated heterocycles. The number of carbonyl (C=O) groups excluding carboxylic acids is 3. The Balaban J connectivity index is 1.89. The number of halogens is 1. The summed E-state index contributed by atoms with van der Waals surface area (Å²) in [6.45, 7) is 1.40. The van der Waals surface area contributed by atoms with Crippen molar-refractivity contribution in [1.82, 2.24) is 0 Å². The van der Waals surface area contributed by atoms with Crippen molar-refractivity contribution in [3.05, 3.63) is 70.2 Å². The lowest BCUT2D eigenvalue weighted by atomic mass is 9.94. The molecule has 0 atom stereocenters. The zero-order valence-corrected chi connectivity index (χ0v) is 15.3. The van der Waals surface area contributed by atoms with Crippen molar-refractivity contribution in [2.24, 2.45) is 0 Å². The van der Waals surface area contributed by atoms with Gasteiger partial charge in [0.05, 0.1) is 11.3 Å². The second kappa shape index (κ2) is 6.07. The fourth-order valence-corrected chi connectivity index (χ4v) is 3.71. The van der Waals surface area contributed by atoms with Crippen LogP contribution in [0.3, 0.4) is 0 Å². The number of anilines is 2. The summed E-state index contributed by atoms with van der Waals surface area (Å²) >= 11 is 3.43. The normalized spacial score (nSPS) is 13.2. The summed E-state index contributed by atoms with van der Waals surface area (Å²) < 4.78 is 0.770. The van der Waals surface area contributed by atoms with Crippen LogP contribution in [-0.4, -0.2) is 17.7 Å². The van der Waals surface area contributed by atoms with Gasteiger partial charge in [0.25, 0.3) is 11.8 Å². The van der Waals surface area contributed by atoms with Crippen molar-refractivity contribution in [2.45, 2.75) is 6.92 Å². The molecule has 0 aromatic heterocycles. The van der Waals surface area contributed by atoms with Gasteiger partial charge in [-0.3, -0.25) is 14.4 Å². The number of amides is 3. The van der Waals surface area contributed by atoms with E-state index >= 15 is 0 Å². The van der Waals surface area contributed by atoms with Gasteiger partial charge in [-0.1, -0.05) is 34.1 Å². The van der Waals surface area contributed by atoms with Gasteiger partial charge in [-0.2, -0.15) is 0 Å². The first-order valence-electron chi connectivity index (χ1n) is 7.94. The monoisotopic (exact) mass is 408 g/mol. The van der Waals surface area contributed by atoms with Crippen LogP contribution >= 0.6 is 15.9 Å². The molecule has 128 valence electrons. The Labute approximate surface area is 157 Å². The summed E-state index contributed by atoms with van der Waals surface area (Å²) in [7, 11) is 0. The van der Waals surface area contributed by atoms with E-state index < -0.39 is 0 Å². The zero-order chi connectivity index (χ0) is 18.4. The zero-order valence-electron chi connectivity index (χ0n) is 13.7. The van der Waals surface area contributed by atoms with E-state index in [1.807, 2.05) is 12.1 Å². The molecule has 26 heavy (non-hydrogen) atoms. The van der Waals surface area contributed by atoms with Crippen LogP contribution in [-0.2, 0) is 4.79 Å². The topological polar surface area (TPSA) is 66.5 Å². The Kier molecular flexibility index (Phi) is 3.85. The Morgan fingerprint density at radius 2 is 1.69 bits per heavy atom. The highest BCUT2D eigenvalue weighted by Gasteiger charge is 2.34. The fraction of sp³-hybridized carbons (Fsp3) is 0.0500. The standard InChI is InChI=1S/C20H13BrN2O3/c1-11(24)22-14-5-3-6-15(10-14)23-19(25)16-7-2-4-12-8-13(21)9-17(18(12)16)20(23)26/h2-10H,1H3,(H,22,24).